The van der Waals surface area contributed by atoms with E-state index in [4.69, 9.17) is 4.52 Å². The summed E-state index contributed by atoms with van der Waals surface area (Å²) < 4.78 is 19.2. The normalized spacial score (nSPS) is 11.3. The van der Waals surface area contributed by atoms with Crippen molar-refractivity contribution in [2.24, 2.45) is 0 Å². The molecule has 0 bridgehead atoms. The van der Waals surface area contributed by atoms with Gasteiger partial charge in [-0.2, -0.15) is 0 Å². The molecule has 0 radical (unpaired) electrons. The van der Waals surface area contributed by atoms with Crippen molar-refractivity contribution in [1.82, 2.24) is 0 Å². The van der Waals surface area contributed by atoms with Crippen LogP contribution in [0.3, 0.4) is 0 Å². The molecule has 0 heterocycles. The second kappa shape index (κ2) is 7.98. The Kier molecular flexibility index (Phi) is 5.25. The minimum Gasteiger partial charge on any atom is -0.325 e. The highest BCUT2D eigenvalue weighted by atomic mass is 31.2. The van der Waals surface area contributed by atoms with Crippen molar-refractivity contribution in [2.45, 2.75) is 0 Å². The summed E-state index contributed by atoms with van der Waals surface area (Å²) >= 11 is 0. The van der Waals surface area contributed by atoms with Crippen LogP contribution in [0.5, 0.6) is 0 Å². The summed E-state index contributed by atoms with van der Waals surface area (Å²) in [6.45, 7) is 0. The fraction of sp³-hybridized carbons (Fsp3) is 0.0400. The molecule has 4 aromatic carbocycles. The maximum absolute atomic E-state index is 13.7. The molecule has 0 aliphatic heterocycles. The van der Waals surface area contributed by atoms with E-state index in [-0.39, 0.29) is 0 Å². The fourth-order valence-corrected chi connectivity index (χ4v) is 5.12. The third kappa shape index (κ3) is 3.57. The predicted octanol–water partition coefficient (Wildman–Crippen LogP) is 5.90. The van der Waals surface area contributed by atoms with E-state index in [0.717, 1.165) is 22.3 Å². The van der Waals surface area contributed by atoms with Gasteiger partial charge in [-0.3, -0.25) is 4.57 Å². The van der Waals surface area contributed by atoms with E-state index in [1.54, 1.807) is 0 Å². The Labute approximate surface area is 165 Å². The molecule has 3 heteroatoms. The lowest BCUT2D eigenvalue weighted by molar-refractivity contribution is 0.412. The Hall–Kier alpha value is -2.93. The molecule has 0 aliphatic carbocycles. The van der Waals surface area contributed by atoms with E-state index in [2.05, 4.69) is 24.3 Å². The monoisotopic (exact) mass is 384 g/mol. The van der Waals surface area contributed by atoms with Gasteiger partial charge in [0, 0.05) is 17.7 Å². The third-order valence-corrected chi connectivity index (χ3v) is 7.36. The highest BCUT2D eigenvalue weighted by Crippen LogP contribution is 2.44. The fourth-order valence-electron chi connectivity index (χ4n) is 3.32. The third-order valence-electron chi connectivity index (χ3n) is 4.89. The summed E-state index contributed by atoms with van der Waals surface area (Å²) in [4.78, 5) is 0. The maximum atomic E-state index is 13.7. The summed E-state index contributed by atoms with van der Waals surface area (Å²) in [5, 5.41) is 1.39. The van der Waals surface area contributed by atoms with Gasteiger partial charge in [0.05, 0.1) is 0 Å². The van der Waals surface area contributed by atoms with Gasteiger partial charge in [-0.05, 0) is 46.5 Å². The lowest BCUT2D eigenvalue weighted by atomic mass is 10.1. The first-order chi connectivity index (χ1) is 13.7. The van der Waals surface area contributed by atoms with Crippen molar-refractivity contribution in [3.05, 3.63) is 109 Å². The van der Waals surface area contributed by atoms with Crippen molar-refractivity contribution in [2.75, 3.05) is 7.11 Å². The van der Waals surface area contributed by atoms with Gasteiger partial charge in [0.2, 0.25) is 0 Å². The van der Waals surface area contributed by atoms with E-state index < -0.39 is 7.37 Å². The van der Waals surface area contributed by atoms with Crippen LogP contribution in [-0.4, -0.2) is 7.11 Å². The maximum Gasteiger partial charge on any atom is 0.261 e. The molecule has 0 amide bonds. The molecule has 0 unspecified atom stereocenters. The van der Waals surface area contributed by atoms with Crippen LogP contribution < -0.4 is 10.6 Å². The van der Waals surface area contributed by atoms with Crippen molar-refractivity contribution >= 4 is 18.0 Å². The largest absolute Gasteiger partial charge is 0.325 e. The van der Waals surface area contributed by atoms with Crippen LogP contribution in [0, 0.1) is 0 Å². The van der Waals surface area contributed by atoms with Gasteiger partial charge >= 0.3 is 0 Å². The Bertz CT molecular complexity index is 1000. The van der Waals surface area contributed by atoms with Gasteiger partial charge in [-0.1, -0.05) is 84.9 Å². The van der Waals surface area contributed by atoms with E-state index in [1.165, 1.54) is 7.11 Å². The molecule has 0 spiro atoms. The van der Waals surface area contributed by atoms with Crippen molar-refractivity contribution in [1.29, 1.82) is 0 Å². The molecular weight excluding hydrogens is 363 g/mol. The molecule has 0 atom stereocenters. The number of rotatable bonds is 5. The lowest BCUT2D eigenvalue weighted by Gasteiger charge is -2.18. The average Bonchev–Trinajstić information content (AvgIpc) is 2.80. The van der Waals surface area contributed by atoms with Gasteiger partial charge in [0.15, 0.2) is 0 Å². The highest BCUT2D eigenvalue weighted by molar-refractivity contribution is 7.74. The van der Waals surface area contributed by atoms with E-state index in [9.17, 15) is 4.57 Å². The first-order valence-corrected chi connectivity index (χ1v) is 10.8. The smallest absolute Gasteiger partial charge is 0.261 e. The summed E-state index contributed by atoms with van der Waals surface area (Å²) in [5.41, 5.74) is 4.44. The van der Waals surface area contributed by atoms with Crippen LogP contribution in [-0.2, 0) is 9.09 Å². The van der Waals surface area contributed by atoms with Gasteiger partial charge in [0.1, 0.15) is 0 Å². The summed E-state index contributed by atoms with van der Waals surface area (Å²) in [7, 11) is -1.62. The van der Waals surface area contributed by atoms with Gasteiger partial charge < -0.3 is 4.52 Å². The van der Waals surface area contributed by atoms with E-state index >= 15 is 0 Å². The topological polar surface area (TPSA) is 26.3 Å². The average molecular weight is 384 g/mol. The second-order valence-electron chi connectivity index (χ2n) is 6.56. The van der Waals surface area contributed by atoms with Gasteiger partial charge in [0.25, 0.3) is 7.37 Å². The zero-order chi connectivity index (χ0) is 19.4. The minimum absolute atomic E-state index is 0.696. The molecular formula is C25H21O2P. The zero-order valence-electron chi connectivity index (χ0n) is 15.7. The van der Waals surface area contributed by atoms with Crippen molar-refractivity contribution in [3.8, 4) is 22.3 Å². The molecule has 28 heavy (non-hydrogen) atoms. The van der Waals surface area contributed by atoms with Gasteiger partial charge in [-0.15, -0.1) is 0 Å². The van der Waals surface area contributed by atoms with E-state index in [1.807, 2.05) is 84.9 Å². The molecule has 0 aliphatic rings. The quantitative estimate of drug-likeness (QED) is 0.401. The number of hydrogen-bond donors (Lipinski definition) is 0. The van der Waals surface area contributed by atoms with Crippen molar-refractivity contribution < 1.29 is 9.09 Å². The Morgan fingerprint density at radius 3 is 1.14 bits per heavy atom. The number of benzene rings is 4. The Morgan fingerprint density at radius 1 is 0.500 bits per heavy atom. The number of hydrogen-bond acceptors (Lipinski definition) is 2. The zero-order valence-corrected chi connectivity index (χ0v) is 16.6. The van der Waals surface area contributed by atoms with Crippen LogP contribution >= 0.6 is 7.37 Å². The molecule has 0 fully saturated rings. The predicted molar refractivity (Wildman–Crippen MR) is 118 cm³/mol. The molecule has 0 saturated carbocycles. The Morgan fingerprint density at radius 2 is 0.821 bits per heavy atom. The summed E-state index contributed by atoms with van der Waals surface area (Å²) in [6.07, 6.45) is 0. The van der Waals surface area contributed by atoms with Crippen LogP contribution in [0.2, 0.25) is 0 Å². The molecule has 0 aromatic heterocycles. The lowest BCUT2D eigenvalue weighted by Crippen LogP contribution is -2.17. The van der Waals surface area contributed by atoms with Crippen molar-refractivity contribution in [3.63, 3.8) is 0 Å². The van der Waals surface area contributed by atoms with E-state index in [0.29, 0.717) is 10.6 Å². The summed E-state index contributed by atoms with van der Waals surface area (Å²) in [6, 6.07) is 35.9. The highest BCUT2D eigenvalue weighted by Gasteiger charge is 2.27. The van der Waals surface area contributed by atoms with Crippen LogP contribution in [0.15, 0.2) is 109 Å². The van der Waals surface area contributed by atoms with Crippen LogP contribution in [0.25, 0.3) is 22.3 Å². The first-order valence-electron chi connectivity index (χ1n) is 9.18. The SMILES string of the molecule is COP(=O)(c1ccc(-c2ccccc2)cc1)c1ccc(-c2ccccc2)cc1. The Balaban J connectivity index is 1.66. The first kappa shape index (κ1) is 18.4. The second-order valence-corrected chi connectivity index (χ2v) is 9.06. The standard InChI is InChI=1S/C25H21O2P/c1-27-28(26,24-16-12-22(13-17-24)20-8-4-2-5-9-20)25-18-14-23(15-19-25)21-10-6-3-7-11-21/h2-19H,1H3. The molecule has 4 aromatic rings. The molecule has 138 valence electrons. The van der Waals surface area contributed by atoms with Gasteiger partial charge in [-0.25, -0.2) is 0 Å². The molecule has 0 saturated heterocycles. The molecule has 2 nitrogen and oxygen atoms in total. The minimum atomic E-state index is -3.13. The molecule has 4 rings (SSSR count). The van der Waals surface area contributed by atoms with Crippen LogP contribution in [0.1, 0.15) is 0 Å². The van der Waals surface area contributed by atoms with Crippen LogP contribution in [0.4, 0.5) is 0 Å². The summed E-state index contributed by atoms with van der Waals surface area (Å²) in [5.74, 6) is 0. The molecule has 0 N–H and O–H groups in total.